The summed E-state index contributed by atoms with van der Waals surface area (Å²) in [5.74, 6) is 0.739. The zero-order valence-corrected chi connectivity index (χ0v) is 10.4. The Kier molecular flexibility index (Phi) is 2.52. The van der Waals surface area contributed by atoms with Crippen molar-refractivity contribution < 1.29 is 0 Å². The summed E-state index contributed by atoms with van der Waals surface area (Å²) in [7, 11) is 0. The molecule has 0 N–H and O–H groups in total. The van der Waals surface area contributed by atoms with Crippen molar-refractivity contribution in [2.24, 2.45) is 0 Å². The van der Waals surface area contributed by atoms with Gasteiger partial charge in [-0.05, 0) is 53.6 Å². The van der Waals surface area contributed by atoms with Crippen LogP contribution in [0.15, 0.2) is 47.2 Å². The van der Waals surface area contributed by atoms with Gasteiger partial charge in [0, 0.05) is 16.9 Å². The SMILES string of the molecule is Brc1cccc(-c2ccncc2C2CC2)c1. The second kappa shape index (κ2) is 4.02. The number of benzene rings is 1. The maximum atomic E-state index is 4.24. The maximum absolute atomic E-state index is 4.24. The summed E-state index contributed by atoms with van der Waals surface area (Å²) in [5, 5.41) is 0. The molecule has 0 aliphatic heterocycles. The van der Waals surface area contributed by atoms with Crippen LogP contribution in [-0.4, -0.2) is 4.98 Å². The Morgan fingerprint density at radius 1 is 1.19 bits per heavy atom. The standard InChI is InChI=1S/C14H12BrN/c15-12-3-1-2-11(8-12)13-6-7-16-9-14(13)10-4-5-10/h1-3,6-10H,4-5H2. The summed E-state index contributed by atoms with van der Waals surface area (Å²) in [6.45, 7) is 0. The molecule has 1 heterocycles. The van der Waals surface area contributed by atoms with Gasteiger partial charge in [0.15, 0.2) is 0 Å². The third kappa shape index (κ3) is 1.90. The molecule has 0 unspecified atom stereocenters. The average molecular weight is 274 g/mol. The number of aromatic nitrogens is 1. The minimum atomic E-state index is 0.739. The summed E-state index contributed by atoms with van der Waals surface area (Å²) in [6.07, 6.45) is 6.52. The van der Waals surface area contributed by atoms with Crippen molar-refractivity contribution in [3.8, 4) is 11.1 Å². The normalized spacial score (nSPS) is 15.1. The van der Waals surface area contributed by atoms with Crippen LogP contribution < -0.4 is 0 Å². The molecular formula is C14H12BrN. The molecule has 0 bridgehead atoms. The molecule has 0 radical (unpaired) electrons. The van der Waals surface area contributed by atoms with Gasteiger partial charge in [0.25, 0.3) is 0 Å². The van der Waals surface area contributed by atoms with E-state index in [4.69, 9.17) is 0 Å². The molecule has 0 atom stereocenters. The van der Waals surface area contributed by atoms with Gasteiger partial charge in [-0.15, -0.1) is 0 Å². The molecule has 1 aliphatic carbocycles. The Morgan fingerprint density at radius 3 is 2.81 bits per heavy atom. The fourth-order valence-electron chi connectivity index (χ4n) is 2.05. The molecule has 1 saturated carbocycles. The van der Waals surface area contributed by atoms with Crippen LogP contribution in [0.25, 0.3) is 11.1 Å². The topological polar surface area (TPSA) is 12.9 Å². The highest BCUT2D eigenvalue weighted by atomic mass is 79.9. The van der Waals surface area contributed by atoms with Crippen molar-refractivity contribution in [1.82, 2.24) is 4.98 Å². The molecule has 0 spiro atoms. The molecule has 1 aromatic heterocycles. The highest BCUT2D eigenvalue weighted by Gasteiger charge is 2.26. The molecule has 0 saturated heterocycles. The maximum Gasteiger partial charge on any atom is 0.0308 e. The first-order valence-electron chi connectivity index (χ1n) is 5.54. The Morgan fingerprint density at radius 2 is 2.06 bits per heavy atom. The molecule has 1 aliphatic rings. The Bertz CT molecular complexity index is 518. The lowest BCUT2D eigenvalue weighted by Crippen LogP contribution is -1.88. The van der Waals surface area contributed by atoms with E-state index in [2.05, 4.69) is 51.2 Å². The quantitative estimate of drug-likeness (QED) is 0.791. The molecule has 3 rings (SSSR count). The van der Waals surface area contributed by atoms with Crippen LogP contribution in [0, 0.1) is 0 Å². The van der Waals surface area contributed by atoms with Gasteiger partial charge in [-0.3, -0.25) is 4.98 Å². The zero-order chi connectivity index (χ0) is 11.0. The van der Waals surface area contributed by atoms with E-state index in [1.807, 2.05) is 12.4 Å². The number of nitrogens with zero attached hydrogens (tertiary/aromatic N) is 1. The van der Waals surface area contributed by atoms with Gasteiger partial charge in [0.2, 0.25) is 0 Å². The van der Waals surface area contributed by atoms with Crippen molar-refractivity contribution in [2.45, 2.75) is 18.8 Å². The second-order valence-electron chi connectivity index (χ2n) is 4.25. The van der Waals surface area contributed by atoms with E-state index in [9.17, 15) is 0 Å². The summed E-state index contributed by atoms with van der Waals surface area (Å²) in [5.41, 5.74) is 4.01. The smallest absolute Gasteiger partial charge is 0.0308 e. The Labute approximate surface area is 104 Å². The van der Waals surface area contributed by atoms with Crippen LogP contribution in [0.1, 0.15) is 24.3 Å². The van der Waals surface area contributed by atoms with Crippen LogP contribution in [0.2, 0.25) is 0 Å². The molecule has 2 aromatic rings. The summed E-state index contributed by atoms with van der Waals surface area (Å²) in [4.78, 5) is 4.24. The van der Waals surface area contributed by atoms with E-state index < -0.39 is 0 Å². The lowest BCUT2D eigenvalue weighted by Gasteiger charge is -2.08. The molecule has 0 amide bonds. The predicted molar refractivity (Wildman–Crippen MR) is 69.3 cm³/mol. The molecular weight excluding hydrogens is 262 g/mol. The van der Waals surface area contributed by atoms with Gasteiger partial charge >= 0.3 is 0 Å². The van der Waals surface area contributed by atoms with Crippen molar-refractivity contribution >= 4 is 15.9 Å². The van der Waals surface area contributed by atoms with Gasteiger partial charge < -0.3 is 0 Å². The molecule has 1 nitrogen and oxygen atoms in total. The molecule has 2 heteroatoms. The van der Waals surface area contributed by atoms with Gasteiger partial charge in [-0.2, -0.15) is 0 Å². The third-order valence-corrected chi connectivity index (χ3v) is 3.50. The Balaban J connectivity index is 2.11. The van der Waals surface area contributed by atoms with E-state index >= 15 is 0 Å². The molecule has 1 aromatic carbocycles. The van der Waals surface area contributed by atoms with E-state index in [-0.39, 0.29) is 0 Å². The monoisotopic (exact) mass is 273 g/mol. The molecule has 16 heavy (non-hydrogen) atoms. The fraction of sp³-hybridized carbons (Fsp3) is 0.214. The van der Waals surface area contributed by atoms with Crippen molar-refractivity contribution in [3.05, 3.63) is 52.8 Å². The van der Waals surface area contributed by atoms with Gasteiger partial charge in [-0.1, -0.05) is 28.1 Å². The zero-order valence-electron chi connectivity index (χ0n) is 8.86. The van der Waals surface area contributed by atoms with Crippen molar-refractivity contribution in [2.75, 3.05) is 0 Å². The largest absolute Gasteiger partial charge is 0.264 e. The van der Waals surface area contributed by atoms with E-state index in [1.54, 1.807) is 0 Å². The van der Waals surface area contributed by atoms with Crippen LogP contribution in [-0.2, 0) is 0 Å². The van der Waals surface area contributed by atoms with Crippen LogP contribution in [0.3, 0.4) is 0 Å². The first-order valence-corrected chi connectivity index (χ1v) is 6.34. The summed E-state index contributed by atoms with van der Waals surface area (Å²) < 4.78 is 1.13. The summed E-state index contributed by atoms with van der Waals surface area (Å²) in [6, 6.07) is 10.6. The number of hydrogen-bond acceptors (Lipinski definition) is 1. The van der Waals surface area contributed by atoms with Crippen LogP contribution >= 0.6 is 15.9 Å². The highest BCUT2D eigenvalue weighted by molar-refractivity contribution is 9.10. The Hall–Kier alpha value is -1.15. The van der Waals surface area contributed by atoms with E-state index in [1.165, 1.54) is 29.5 Å². The predicted octanol–water partition coefficient (Wildman–Crippen LogP) is 4.39. The van der Waals surface area contributed by atoms with Crippen LogP contribution in [0.4, 0.5) is 0 Å². The second-order valence-corrected chi connectivity index (χ2v) is 5.16. The number of halogens is 1. The highest BCUT2D eigenvalue weighted by Crippen LogP contribution is 2.44. The summed E-state index contributed by atoms with van der Waals surface area (Å²) >= 11 is 3.52. The van der Waals surface area contributed by atoms with Gasteiger partial charge in [-0.25, -0.2) is 0 Å². The number of hydrogen-bond donors (Lipinski definition) is 0. The minimum Gasteiger partial charge on any atom is -0.264 e. The van der Waals surface area contributed by atoms with E-state index in [0.29, 0.717) is 0 Å². The van der Waals surface area contributed by atoms with Crippen molar-refractivity contribution in [3.63, 3.8) is 0 Å². The van der Waals surface area contributed by atoms with E-state index in [0.717, 1.165) is 10.4 Å². The average Bonchev–Trinajstić information content (AvgIpc) is 3.13. The molecule has 1 fully saturated rings. The van der Waals surface area contributed by atoms with Gasteiger partial charge in [0.05, 0.1) is 0 Å². The lowest BCUT2D eigenvalue weighted by atomic mass is 9.99. The van der Waals surface area contributed by atoms with Gasteiger partial charge in [0.1, 0.15) is 0 Å². The fourth-order valence-corrected chi connectivity index (χ4v) is 2.44. The lowest BCUT2D eigenvalue weighted by molar-refractivity contribution is 1.10. The minimum absolute atomic E-state index is 0.739. The first kappa shape index (κ1) is 10.0. The number of pyridine rings is 1. The molecule has 80 valence electrons. The third-order valence-electron chi connectivity index (χ3n) is 3.00. The number of rotatable bonds is 2. The first-order chi connectivity index (χ1) is 7.84. The van der Waals surface area contributed by atoms with Crippen molar-refractivity contribution in [1.29, 1.82) is 0 Å². The van der Waals surface area contributed by atoms with Crippen LogP contribution in [0.5, 0.6) is 0 Å².